The van der Waals surface area contributed by atoms with Gasteiger partial charge < -0.3 is 10.1 Å². The van der Waals surface area contributed by atoms with Gasteiger partial charge in [0, 0.05) is 39.7 Å². The second-order valence-corrected chi connectivity index (χ2v) is 13.7. The van der Waals surface area contributed by atoms with Gasteiger partial charge >= 0.3 is 0 Å². The summed E-state index contributed by atoms with van der Waals surface area (Å²) < 4.78 is 62.4. The number of nitrogens with zero attached hydrogens (tertiary/aromatic N) is 3. The Labute approximate surface area is 211 Å². The summed E-state index contributed by atoms with van der Waals surface area (Å²) in [4.78, 5) is 8.75. The van der Waals surface area contributed by atoms with Crippen LogP contribution in [0.25, 0.3) is 10.9 Å². The molecular formula is C24H30FN5O4S2. The van der Waals surface area contributed by atoms with Gasteiger partial charge in [0.25, 0.3) is 0 Å². The molecule has 36 heavy (non-hydrogen) atoms. The predicted molar refractivity (Wildman–Crippen MR) is 141 cm³/mol. The van der Waals surface area contributed by atoms with Gasteiger partial charge in [0.15, 0.2) is 0 Å². The minimum Gasteiger partial charge on any atom is -0.488 e. The zero-order chi connectivity index (χ0) is 26.1. The van der Waals surface area contributed by atoms with E-state index in [-0.39, 0.29) is 12.1 Å². The Bertz CT molecular complexity index is 1500. The molecule has 0 spiro atoms. The van der Waals surface area contributed by atoms with Crippen molar-refractivity contribution in [3.63, 3.8) is 0 Å². The molecule has 12 heteroatoms. The molecular weight excluding hydrogens is 505 g/mol. The lowest BCUT2D eigenvalue weighted by molar-refractivity contribution is 0.144. The number of aromatic nitrogens is 2. The summed E-state index contributed by atoms with van der Waals surface area (Å²) in [5.74, 6) is 0.443. The van der Waals surface area contributed by atoms with E-state index in [1.54, 1.807) is 24.6 Å². The summed E-state index contributed by atoms with van der Waals surface area (Å²) in [6.45, 7) is 1.90. The van der Waals surface area contributed by atoms with Crippen LogP contribution >= 0.6 is 0 Å². The highest BCUT2D eigenvalue weighted by Crippen LogP contribution is 2.35. The molecule has 194 valence electrons. The topological polar surface area (TPSA) is 123 Å². The zero-order valence-electron chi connectivity index (χ0n) is 20.6. The average molecular weight is 536 g/mol. The number of halogens is 1. The second kappa shape index (κ2) is 10.3. The molecule has 1 heterocycles. The van der Waals surface area contributed by atoms with Crippen molar-refractivity contribution in [3.8, 4) is 5.75 Å². The van der Waals surface area contributed by atoms with Crippen LogP contribution in [-0.2, 0) is 19.8 Å². The normalized spacial score (nSPS) is 18.7. The van der Waals surface area contributed by atoms with Crippen LogP contribution in [0.2, 0.25) is 0 Å². The highest BCUT2D eigenvalue weighted by Gasteiger charge is 2.25. The molecule has 0 aliphatic heterocycles. The molecule has 2 aromatic carbocycles. The van der Waals surface area contributed by atoms with Crippen molar-refractivity contribution in [3.05, 3.63) is 48.0 Å². The van der Waals surface area contributed by atoms with E-state index in [0.717, 1.165) is 17.2 Å². The molecule has 9 nitrogen and oxygen atoms in total. The van der Waals surface area contributed by atoms with Crippen molar-refractivity contribution >= 4 is 47.8 Å². The van der Waals surface area contributed by atoms with E-state index in [1.165, 1.54) is 18.5 Å². The fraction of sp³-hybridized carbons (Fsp3) is 0.417. The van der Waals surface area contributed by atoms with Crippen LogP contribution in [0, 0.1) is 12.7 Å². The molecule has 1 aliphatic rings. The van der Waals surface area contributed by atoms with Crippen molar-refractivity contribution in [1.82, 2.24) is 14.7 Å². The Kier molecular flexibility index (Phi) is 7.48. The number of rotatable bonds is 7. The second-order valence-electron chi connectivity index (χ2n) is 9.40. The molecule has 1 saturated carbocycles. The Balaban J connectivity index is 1.58. The number of nitrogens with one attached hydrogen (secondary N) is 2. The molecule has 0 saturated heterocycles. The Morgan fingerprint density at radius 1 is 1.03 bits per heavy atom. The van der Waals surface area contributed by atoms with Crippen LogP contribution in [0.5, 0.6) is 5.75 Å². The molecule has 1 fully saturated rings. The first-order valence-corrected chi connectivity index (χ1v) is 15.7. The van der Waals surface area contributed by atoms with E-state index in [0.29, 0.717) is 54.1 Å². The van der Waals surface area contributed by atoms with Crippen molar-refractivity contribution in [2.24, 2.45) is 4.36 Å². The van der Waals surface area contributed by atoms with Gasteiger partial charge in [-0.2, -0.15) is 4.36 Å². The molecule has 0 unspecified atom stereocenters. The number of sulfonamides is 1. The summed E-state index contributed by atoms with van der Waals surface area (Å²) in [7, 11) is -5.59. The molecule has 0 bridgehead atoms. The zero-order valence-corrected chi connectivity index (χ0v) is 22.2. The van der Waals surface area contributed by atoms with Crippen molar-refractivity contribution < 1.29 is 21.8 Å². The largest absolute Gasteiger partial charge is 0.488 e. The average Bonchev–Trinajstić information content (AvgIpc) is 2.74. The fourth-order valence-corrected chi connectivity index (χ4v) is 5.83. The van der Waals surface area contributed by atoms with Gasteiger partial charge in [0.05, 0.1) is 29.3 Å². The van der Waals surface area contributed by atoms with E-state index < -0.39 is 25.6 Å². The molecule has 4 rings (SSSR count). The van der Waals surface area contributed by atoms with Crippen molar-refractivity contribution in [2.45, 2.75) is 44.8 Å². The number of anilines is 2. The summed E-state index contributed by atoms with van der Waals surface area (Å²) >= 11 is 0. The van der Waals surface area contributed by atoms with E-state index >= 15 is 0 Å². The lowest BCUT2D eigenvalue weighted by atomic mass is 9.93. The van der Waals surface area contributed by atoms with E-state index in [9.17, 15) is 17.0 Å². The predicted octanol–water partition coefficient (Wildman–Crippen LogP) is 4.42. The number of fused-ring (bicyclic) bond motifs is 1. The van der Waals surface area contributed by atoms with E-state index in [4.69, 9.17) is 4.74 Å². The number of hydrogen-bond acceptors (Lipinski definition) is 8. The van der Waals surface area contributed by atoms with Gasteiger partial charge in [-0.15, -0.1) is 0 Å². The minimum atomic E-state index is -3.26. The third kappa shape index (κ3) is 6.89. The third-order valence-corrected chi connectivity index (χ3v) is 7.20. The van der Waals surface area contributed by atoms with Gasteiger partial charge in [0.1, 0.15) is 23.7 Å². The van der Waals surface area contributed by atoms with Gasteiger partial charge in [-0.3, -0.25) is 0 Å². The Hall–Kier alpha value is -2.83. The first-order valence-electron chi connectivity index (χ1n) is 11.5. The standard InChI is InChI=1S/C24H30FN5O4S2/c1-15-11-18(29-35(2,3)31)13-21-23(15)24(27-14-26-21)28-20-10-5-16(25)12-22(20)34-19-8-6-17(7-9-19)30-36(4,32)33/h5,10-14,17,19,30H,6-9H2,1-4H3,(H,26,27,28)/t17-,19+. The highest BCUT2D eigenvalue weighted by molar-refractivity contribution is 7.92. The van der Waals surface area contributed by atoms with Crippen LogP contribution in [-0.4, -0.2) is 53.5 Å². The number of hydrogen-bond donors (Lipinski definition) is 2. The molecule has 3 aromatic rings. The van der Waals surface area contributed by atoms with Gasteiger partial charge in [-0.1, -0.05) is 0 Å². The Morgan fingerprint density at radius 3 is 2.42 bits per heavy atom. The van der Waals surface area contributed by atoms with E-state index in [2.05, 4.69) is 24.4 Å². The number of benzene rings is 2. The molecule has 0 atom stereocenters. The number of aryl methyl sites for hydroxylation is 1. The summed E-state index contributed by atoms with van der Waals surface area (Å²) in [6.07, 6.45) is 8.11. The SMILES string of the molecule is Cc1cc(N=S(C)(C)=O)cc2ncnc(Nc3ccc(F)cc3O[C@H]3CC[C@@H](NS(C)(=O)=O)CC3)c12. The van der Waals surface area contributed by atoms with Crippen LogP contribution in [0.4, 0.5) is 21.6 Å². The maximum absolute atomic E-state index is 14.1. The first kappa shape index (κ1) is 26.2. The molecule has 1 aromatic heterocycles. The maximum Gasteiger partial charge on any atom is 0.208 e. The van der Waals surface area contributed by atoms with Gasteiger partial charge in [0.2, 0.25) is 10.0 Å². The summed E-state index contributed by atoms with van der Waals surface area (Å²) in [6, 6.07) is 7.73. The molecule has 0 radical (unpaired) electrons. The number of ether oxygens (including phenoxy) is 1. The van der Waals surface area contributed by atoms with E-state index in [1.807, 2.05) is 13.0 Å². The maximum atomic E-state index is 14.1. The lowest BCUT2D eigenvalue weighted by Gasteiger charge is -2.29. The molecule has 1 aliphatic carbocycles. The monoisotopic (exact) mass is 535 g/mol. The van der Waals surface area contributed by atoms with Crippen molar-refractivity contribution in [1.29, 1.82) is 0 Å². The van der Waals surface area contributed by atoms with Crippen molar-refractivity contribution in [2.75, 3.05) is 24.1 Å². The van der Waals surface area contributed by atoms with Crippen LogP contribution in [0.15, 0.2) is 41.0 Å². The smallest absolute Gasteiger partial charge is 0.208 e. The highest BCUT2D eigenvalue weighted by atomic mass is 32.2. The summed E-state index contributed by atoms with van der Waals surface area (Å²) in [5.41, 5.74) is 2.60. The van der Waals surface area contributed by atoms with Gasteiger partial charge in [-0.25, -0.2) is 31.7 Å². The minimum absolute atomic E-state index is 0.120. The quantitative estimate of drug-likeness (QED) is 0.459. The van der Waals surface area contributed by atoms with Crippen LogP contribution in [0.3, 0.4) is 0 Å². The molecule has 2 N–H and O–H groups in total. The Morgan fingerprint density at radius 2 is 1.75 bits per heavy atom. The first-order chi connectivity index (χ1) is 16.9. The summed E-state index contributed by atoms with van der Waals surface area (Å²) in [5, 5.41) is 4.02. The van der Waals surface area contributed by atoms with Crippen LogP contribution in [0.1, 0.15) is 31.2 Å². The van der Waals surface area contributed by atoms with Gasteiger partial charge in [-0.05, 0) is 62.4 Å². The lowest BCUT2D eigenvalue weighted by Crippen LogP contribution is -2.39. The third-order valence-electron chi connectivity index (χ3n) is 5.79. The fourth-order valence-electron chi connectivity index (χ4n) is 4.38. The molecule has 0 amide bonds. The van der Waals surface area contributed by atoms with Crippen LogP contribution < -0.4 is 14.8 Å².